The van der Waals surface area contributed by atoms with Crippen LogP contribution in [0.15, 0.2) is 28.7 Å². The highest BCUT2D eigenvalue weighted by molar-refractivity contribution is 9.10. The van der Waals surface area contributed by atoms with Gasteiger partial charge in [0.25, 0.3) is 5.91 Å². The molecule has 2 heterocycles. The van der Waals surface area contributed by atoms with Gasteiger partial charge in [-0.25, -0.2) is 0 Å². The first-order valence-corrected chi connectivity index (χ1v) is 8.28. The van der Waals surface area contributed by atoms with E-state index in [2.05, 4.69) is 31.2 Å². The molecule has 1 aliphatic rings. The number of aromatic nitrogens is 2. The van der Waals surface area contributed by atoms with Crippen LogP contribution in [0.3, 0.4) is 0 Å². The van der Waals surface area contributed by atoms with Gasteiger partial charge in [0, 0.05) is 24.6 Å². The van der Waals surface area contributed by atoms with Crippen molar-refractivity contribution in [3.8, 4) is 0 Å². The van der Waals surface area contributed by atoms with Crippen molar-refractivity contribution in [1.82, 2.24) is 9.78 Å². The number of aryl methyl sites for hydroxylation is 2. The SMILES string of the molecule is Cc1cc(C(=O)Nc2cc(Br)ccc2N2CCOCC2)n(C)n1. The molecule has 1 saturated heterocycles. The lowest BCUT2D eigenvalue weighted by Gasteiger charge is -2.30. The molecule has 6 nitrogen and oxygen atoms in total. The number of carbonyl (C=O) groups excluding carboxylic acids is 1. The molecular weight excluding hydrogens is 360 g/mol. The first-order valence-electron chi connectivity index (χ1n) is 7.49. The van der Waals surface area contributed by atoms with Crippen LogP contribution in [0, 0.1) is 6.92 Å². The lowest BCUT2D eigenvalue weighted by Crippen LogP contribution is -2.36. The van der Waals surface area contributed by atoms with Crippen molar-refractivity contribution in [3.63, 3.8) is 0 Å². The van der Waals surface area contributed by atoms with E-state index in [4.69, 9.17) is 4.74 Å². The minimum atomic E-state index is -0.166. The zero-order chi connectivity index (χ0) is 16.4. The average molecular weight is 379 g/mol. The topological polar surface area (TPSA) is 59.4 Å². The molecule has 0 saturated carbocycles. The average Bonchev–Trinajstić information content (AvgIpc) is 2.87. The molecule has 0 spiro atoms. The third-order valence-corrected chi connectivity index (χ3v) is 4.29. The van der Waals surface area contributed by atoms with E-state index >= 15 is 0 Å². The molecule has 1 aromatic heterocycles. The van der Waals surface area contributed by atoms with Gasteiger partial charge in [0.2, 0.25) is 0 Å². The van der Waals surface area contributed by atoms with Crippen molar-refractivity contribution < 1.29 is 9.53 Å². The monoisotopic (exact) mass is 378 g/mol. The van der Waals surface area contributed by atoms with Gasteiger partial charge in [-0.3, -0.25) is 9.48 Å². The highest BCUT2D eigenvalue weighted by atomic mass is 79.9. The maximum Gasteiger partial charge on any atom is 0.273 e. The van der Waals surface area contributed by atoms with Gasteiger partial charge >= 0.3 is 0 Å². The lowest BCUT2D eigenvalue weighted by molar-refractivity contribution is 0.101. The third-order valence-electron chi connectivity index (χ3n) is 3.79. The van der Waals surface area contributed by atoms with Crippen LogP contribution in [0.4, 0.5) is 11.4 Å². The molecule has 23 heavy (non-hydrogen) atoms. The minimum Gasteiger partial charge on any atom is -0.378 e. The maximum atomic E-state index is 12.6. The van der Waals surface area contributed by atoms with Gasteiger partial charge < -0.3 is 15.0 Å². The fourth-order valence-corrected chi connectivity index (χ4v) is 3.06. The number of morpholine rings is 1. The quantitative estimate of drug-likeness (QED) is 0.891. The first-order chi connectivity index (χ1) is 11.0. The molecule has 1 amide bonds. The van der Waals surface area contributed by atoms with E-state index in [0.717, 1.165) is 34.6 Å². The van der Waals surface area contributed by atoms with Gasteiger partial charge in [0.05, 0.1) is 30.3 Å². The minimum absolute atomic E-state index is 0.166. The fourth-order valence-electron chi connectivity index (χ4n) is 2.70. The summed E-state index contributed by atoms with van der Waals surface area (Å²) in [6.45, 7) is 4.90. The number of benzene rings is 1. The molecule has 0 unspecified atom stereocenters. The Morgan fingerprint density at radius 3 is 2.70 bits per heavy atom. The molecule has 0 bridgehead atoms. The maximum absolute atomic E-state index is 12.6. The Labute approximate surface area is 143 Å². The van der Waals surface area contributed by atoms with Gasteiger partial charge in [0.15, 0.2) is 0 Å². The molecule has 0 aliphatic carbocycles. The van der Waals surface area contributed by atoms with Crippen LogP contribution >= 0.6 is 15.9 Å². The molecule has 0 atom stereocenters. The summed E-state index contributed by atoms with van der Waals surface area (Å²) in [4.78, 5) is 14.8. The van der Waals surface area contributed by atoms with E-state index in [1.165, 1.54) is 0 Å². The van der Waals surface area contributed by atoms with Gasteiger partial charge in [-0.05, 0) is 31.2 Å². The van der Waals surface area contributed by atoms with E-state index in [1.54, 1.807) is 17.8 Å². The Morgan fingerprint density at radius 2 is 2.04 bits per heavy atom. The molecule has 1 fully saturated rings. The smallest absolute Gasteiger partial charge is 0.273 e. The summed E-state index contributed by atoms with van der Waals surface area (Å²) < 4.78 is 7.92. The van der Waals surface area contributed by atoms with Crippen molar-refractivity contribution >= 4 is 33.2 Å². The molecule has 1 aromatic carbocycles. The largest absolute Gasteiger partial charge is 0.378 e. The summed E-state index contributed by atoms with van der Waals surface area (Å²) in [6, 6.07) is 7.70. The number of rotatable bonds is 3. The molecule has 122 valence electrons. The number of amides is 1. The van der Waals surface area contributed by atoms with Crippen LogP contribution in [0.2, 0.25) is 0 Å². The van der Waals surface area contributed by atoms with Gasteiger partial charge in [-0.1, -0.05) is 15.9 Å². The van der Waals surface area contributed by atoms with E-state index in [0.29, 0.717) is 18.9 Å². The lowest BCUT2D eigenvalue weighted by atomic mass is 10.2. The molecule has 7 heteroatoms. The van der Waals surface area contributed by atoms with Crippen LogP contribution < -0.4 is 10.2 Å². The number of ether oxygens (including phenoxy) is 1. The molecular formula is C16H19BrN4O2. The number of carbonyl (C=O) groups is 1. The number of anilines is 2. The van der Waals surface area contributed by atoms with Crippen LogP contribution in [0.25, 0.3) is 0 Å². The number of nitrogens with zero attached hydrogens (tertiary/aromatic N) is 3. The normalized spacial score (nSPS) is 14.8. The van der Waals surface area contributed by atoms with Gasteiger partial charge in [0.1, 0.15) is 5.69 Å². The second kappa shape index (κ2) is 6.72. The summed E-state index contributed by atoms with van der Waals surface area (Å²) in [7, 11) is 1.77. The van der Waals surface area contributed by atoms with Gasteiger partial charge in [-0.15, -0.1) is 0 Å². The van der Waals surface area contributed by atoms with E-state index in [9.17, 15) is 4.79 Å². The molecule has 2 aromatic rings. The Kier molecular flexibility index (Phi) is 4.68. The molecule has 1 aliphatic heterocycles. The van der Waals surface area contributed by atoms with Crippen LogP contribution in [0.5, 0.6) is 0 Å². The molecule has 1 N–H and O–H groups in total. The fraction of sp³-hybridized carbons (Fsp3) is 0.375. The number of hydrogen-bond donors (Lipinski definition) is 1. The van der Waals surface area contributed by atoms with Crippen LogP contribution in [-0.4, -0.2) is 42.0 Å². The zero-order valence-electron chi connectivity index (χ0n) is 13.2. The summed E-state index contributed by atoms with van der Waals surface area (Å²) in [6.07, 6.45) is 0. The first kappa shape index (κ1) is 16.0. The predicted molar refractivity (Wildman–Crippen MR) is 93.1 cm³/mol. The standard InChI is InChI=1S/C16H19BrN4O2/c1-11-9-15(20(2)19-11)16(22)18-13-10-12(17)3-4-14(13)21-5-7-23-8-6-21/h3-4,9-10H,5-8H2,1-2H3,(H,18,22). The van der Waals surface area contributed by atoms with Crippen molar-refractivity contribution in [3.05, 3.63) is 40.1 Å². The van der Waals surface area contributed by atoms with E-state index in [-0.39, 0.29) is 5.91 Å². The molecule has 0 radical (unpaired) electrons. The Balaban J connectivity index is 1.87. The van der Waals surface area contributed by atoms with Crippen molar-refractivity contribution in [1.29, 1.82) is 0 Å². The Bertz CT molecular complexity index is 723. The van der Waals surface area contributed by atoms with Crippen LogP contribution in [0.1, 0.15) is 16.2 Å². The van der Waals surface area contributed by atoms with Crippen LogP contribution in [-0.2, 0) is 11.8 Å². The second-order valence-corrected chi connectivity index (χ2v) is 6.43. The summed E-state index contributed by atoms with van der Waals surface area (Å²) >= 11 is 3.47. The summed E-state index contributed by atoms with van der Waals surface area (Å²) in [5.74, 6) is -0.166. The van der Waals surface area contributed by atoms with Gasteiger partial charge in [-0.2, -0.15) is 5.10 Å². The van der Waals surface area contributed by atoms with Crippen molar-refractivity contribution in [2.24, 2.45) is 7.05 Å². The van der Waals surface area contributed by atoms with Crippen molar-refractivity contribution in [2.75, 3.05) is 36.5 Å². The highest BCUT2D eigenvalue weighted by Gasteiger charge is 2.18. The number of nitrogens with one attached hydrogen (secondary N) is 1. The van der Waals surface area contributed by atoms with E-state index < -0.39 is 0 Å². The highest BCUT2D eigenvalue weighted by Crippen LogP contribution is 2.30. The second-order valence-electron chi connectivity index (χ2n) is 5.51. The number of halogens is 1. The summed E-state index contributed by atoms with van der Waals surface area (Å²) in [5, 5.41) is 7.23. The third kappa shape index (κ3) is 3.56. The van der Waals surface area contributed by atoms with Crippen molar-refractivity contribution in [2.45, 2.75) is 6.92 Å². The number of hydrogen-bond acceptors (Lipinski definition) is 4. The predicted octanol–water partition coefficient (Wildman–Crippen LogP) is 2.58. The Morgan fingerprint density at radius 1 is 1.30 bits per heavy atom. The zero-order valence-corrected chi connectivity index (χ0v) is 14.8. The molecule has 3 rings (SSSR count). The van der Waals surface area contributed by atoms with E-state index in [1.807, 2.05) is 25.1 Å². The Hall–Kier alpha value is -1.86. The summed E-state index contributed by atoms with van der Waals surface area (Å²) in [5.41, 5.74) is 3.14.